The zero-order valence-electron chi connectivity index (χ0n) is 15.8. The summed E-state index contributed by atoms with van der Waals surface area (Å²) < 4.78 is 41.2. The minimum absolute atomic E-state index is 0.0798. The number of carbonyl (C=O) groups excluding carboxylic acids is 2. The van der Waals surface area contributed by atoms with Crippen molar-refractivity contribution in [2.24, 2.45) is 0 Å². The van der Waals surface area contributed by atoms with Gasteiger partial charge in [-0.15, -0.1) is 11.3 Å². The van der Waals surface area contributed by atoms with Crippen LogP contribution in [0.4, 0.5) is 18.9 Å². The van der Waals surface area contributed by atoms with Crippen molar-refractivity contribution in [3.63, 3.8) is 0 Å². The van der Waals surface area contributed by atoms with Crippen molar-refractivity contribution >= 4 is 40.4 Å². The molecule has 0 aliphatic rings. The van der Waals surface area contributed by atoms with Crippen molar-refractivity contribution in [3.8, 4) is 5.75 Å². The fraction of sp³-hybridized carbons (Fsp3) is 0.143. The molecule has 2 amide bonds. The Kier molecular flexibility index (Phi) is 7.19. The SMILES string of the molecule is O=C(NCc1ccc(OCC(F)(F)F)cc1)c1ccc(Cl)c(NC(=O)c2cccs2)c1. The van der Waals surface area contributed by atoms with Gasteiger partial charge in [-0.05, 0) is 47.3 Å². The predicted molar refractivity (Wildman–Crippen MR) is 113 cm³/mol. The van der Waals surface area contributed by atoms with Crippen molar-refractivity contribution < 1.29 is 27.5 Å². The molecule has 162 valence electrons. The highest BCUT2D eigenvalue weighted by Gasteiger charge is 2.28. The molecule has 0 aliphatic heterocycles. The number of nitrogens with one attached hydrogen (secondary N) is 2. The van der Waals surface area contributed by atoms with Crippen molar-refractivity contribution in [1.29, 1.82) is 0 Å². The fourth-order valence-corrected chi connectivity index (χ4v) is 3.29. The van der Waals surface area contributed by atoms with E-state index in [4.69, 9.17) is 11.6 Å². The van der Waals surface area contributed by atoms with Gasteiger partial charge in [0.05, 0.1) is 15.6 Å². The lowest BCUT2D eigenvalue weighted by Crippen LogP contribution is -2.23. The average molecular weight is 469 g/mol. The number of hydrogen-bond acceptors (Lipinski definition) is 4. The van der Waals surface area contributed by atoms with E-state index in [0.29, 0.717) is 16.1 Å². The number of benzene rings is 2. The maximum atomic E-state index is 12.5. The molecule has 31 heavy (non-hydrogen) atoms. The minimum atomic E-state index is -4.41. The van der Waals surface area contributed by atoms with Crippen LogP contribution in [-0.4, -0.2) is 24.6 Å². The van der Waals surface area contributed by atoms with Crippen LogP contribution in [0.2, 0.25) is 5.02 Å². The molecule has 5 nitrogen and oxygen atoms in total. The van der Waals surface area contributed by atoms with Gasteiger partial charge in [0.2, 0.25) is 0 Å². The van der Waals surface area contributed by atoms with Crippen LogP contribution in [-0.2, 0) is 6.54 Å². The van der Waals surface area contributed by atoms with E-state index in [1.165, 1.54) is 41.7 Å². The van der Waals surface area contributed by atoms with Gasteiger partial charge in [-0.3, -0.25) is 9.59 Å². The topological polar surface area (TPSA) is 67.4 Å². The summed E-state index contributed by atoms with van der Waals surface area (Å²) in [5, 5.41) is 7.44. The Bertz CT molecular complexity index is 1050. The summed E-state index contributed by atoms with van der Waals surface area (Å²) in [5.41, 5.74) is 1.27. The van der Waals surface area contributed by atoms with Crippen LogP contribution >= 0.6 is 22.9 Å². The third-order valence-corrected chi connectivity index (χ3v) is 5.20. The van der Waals surface area contributed by atoms with Crippen molar-refractivity contribution in [2.45, 2.75) is 12.7 Å². The summed E-state index contributed by atoms with van der Waals surface area (Å²) in [6.07, 6.45) is -4.41. The highest BCUT2D eigenvalue weighted by Crippen LogP contribution is 2.24. The smallest absolute Gasteiger partial charge is 0.422 e. The summed E-state index contributed by atoms with van der Waals surface area (Å²) in [6, 6.07) is 13.8. The third kappa shape index (κ3) is 6.73. The number of alkyl halides is 3. The van der Waals surface area contributed by atoms with Gasteiger partial charge in [-0.25, -0.2) is 0 Å². The molecule has 0 spiro atoms. The molecule has 3 aromatic rings. The normalized spacial score (nSPS) is 11.1. The molecule has 2 N–H and O–H groups in total. The number of hydrogen-bond donors (Lipinski definition) is 2. The van der Waals surface area contributed by atoms with Crippen molar-refractivity contribution in [3.05, 3.63) is 81.0 Å². The number of anilines is 1. The number of carbonyl (C=O) groups is 2. The quantitative estimate of drug-likeness (QED) is 0.479. The number of ether oxygens (including phenoxy) is 1. The number of halogens is 4. The van der Waals surface area contributed by atoms with Crippen molar-refractivity contribution in [1.82, 2.24) is 5.32 Å². The predicted octanol–water partition coefficient (Wildman–Crippen LogP) is 5.52. The first-order valence-electron chi connectivity index (χ1n) is 8.92. The zero-order chi connectivity index (χ0) is 22.4. The van der Waals surface area contributed by atoms with E-state index in [9.17, 15) is 22.8 Å². The molecule has 1 aromatic heterocycles. The van der Waals surface area contributed by atoms with Crippen LogP contribution in [0.3, 0.4) is 0 Å². The maximum Gasteiger partial charge on any atom is 0.422 e. The van der Waals surface area contributed by atoms with Gasteiger partial charge in [0.15, 0.2) is 6.61 Å². The standard InChI is InChI=1S/C21H16ClF3N2O3S/c22-16-8-5-14(10-17(16)27-20(29)18-2-1-9-31-18)19(28)26-11-13-3-6-15(7-4-13)30-12-21(23,24)25/h1-10H,11-12H2,(H,26,28)(H,27,29). The lowest BCUT2D eigenvalue weighted by Gasteiger charge is -2.11. The molecule has 0 saturated carbocycles. The van der Waals surface area contributed by atoms with E-state index in [1.54, 1.807) is 29.6 Å². The molecular formula is C21H16ClF3N2O3S. The molecule has 0 aliphatic carbocycles. The van der Waals surface area contributed by atoms with Crippen LogP contribution < -0.4 is 15.4 Å². The van der Waals surface area contributed by atoms with Crippen LogP contribution in [0.1, 0.15) is 25.6 Å². The molecule has 0 atom stereocenters. The fourth-order valence-electron chi connectivity index (χ4n) is 2.51. The molecule has 0 saturated heterocycles. The van der Waals surface area contributed by atoms with Crippen LogP contribution in [0.15, 0.2) is 60.0 Å². The van der Waals surface area contributed by atoms with Gasteiger partial charge in [0.25, 0.3) is 11.8 Å². The van der Waals surface area contributed by atoms with Crippen LogP contribution in [0, 0.1) is 0 Å². The van der Waals surface area contributed by atoms with E-state index in [0.717, 1.165) is 0 Å². The number of amides is 2. The van der Waals surface area contributed by atoms with Gasteiger partial charge in [-0.1, -0.05) is 29.8 Å². The summed E-state index contributed by atoms with van der Waals surface area (Å²) in [5.74, 6) is -0.654. The molecule has 0 bridgehead atoms. The van der Waals surface area contributed by atoms with Gasteiger partial charge >= 0.3 is 6.18 Å². The molecule has 0 unspecified atom stereocenters. The van der Waals surface area contributed by atoms with Gasteiger partial charge in [0, 0.05) is 12.1 Å². The monoisotopic (exact) mass is 468 g/mol. The lowest BCUT2D eigenvalue weighted by molar-refractivity contribution is -0.153. The van der Waals surface area contributed by atoms with E-state index in [-0.39, 0.29) is 28.8 Å². The molecule has 1 heterocycles. The first-order valence-corrected chi connectivity index (χ1v) is 10.2. The van der Waals surface area contributed by atoms with E-state index >= 15 is 0 Å². The molecular weight excluding hydrogens is 453 g/mol. The second-order valence-electron chi connectivity index (χ2n) is 6.36. The van der Waals surface area contributed by atoms with Crippen LogP contribution in [0.25, 0.3) is 0 Å². The average Bonchev–Trinajstić information content (AvgIpc) is 3.27. The molecule has 3 rings (SSSR count). The van der Waals surface area contributed by atoms with Gasteiger partial charge < -0.3 is 15.4 Å². The van der Waals surface area contributed by atoms with E-state index in [1.807, 2.05) is 0 Å². The summed E-state index contributed by atoms with van der Waals surface area (Å²) in [4.78, 5) is 25.2. The zero-order valence-corrected chi connectivity index (χ0v) is 17.4. The van der Waals surface area contributed by atoms with Gasteiger partial charge in [0.1, 0.15) is 5.75 Å². The largest absolute Gasteiger partial charge is 0.484 e. The lowest BCUT2D eigenvalue weighted by atomic mass is 10.1. The Balaban J connectivity index is 1.58. The maximum absolute atomic E-state index is 12.5. The molecule has 0 radical (unpaired) electrons. The highest BCUT2D eigenvalue weighted by atomic mass is 35.5. The second-order valence-corrected chi connectivity index (χ2v) is 7.71. The number of rotatable bonds is 7. The van der Waals surface area contributed by atoms with Crippen molar-refractivity contribution in [2.75, 3.05) is 11.9 Å². The Hall–Kier alpha value is -3.04. The molecule has 10 heteroatoms. The van der Waals surface area contributed by atoms with Gasteiger partial charge in [-0.2, -0.15) is 13.2 Å². The summed E-state index contributed by atoms with van der Waals surface area (Å²) >= 11 is 7.40. The van der Waals surface area contributed by atoms with Crippen LogP contribution in [0.5, 0.6) is 5.75 Å². The Labute approximate surface area is 184 Å². The minimum Gasteiger partial charge on any atom is -0.484 e. The Morgan fingerprint density at radius 2 is 1.77 bits per heavy atom. The second kappa shape index (κ2) is 9.84. The Morgan fingerprint density at radius 1 is 1.03 bits per heavy atom. The molecule has 2 aromatic carbocycles. The van der Waals surface area contributed by atoms with E-state index < -0.39 is 18.7 Å². The van der Waals surface area contributed by atoms with E-state index in [2.05, 4.69) is 15.4 Å². The first kappa shape index (κ1) is 22.6. The summed E-state index contributed by atoms with van der Waals surface area (Å²) in [7, 11) is 0. The number of thiophene rings is 1. The Morgan fingerprint density at radius 3 is 2.42 bits per heavy atom. The molecule has 0 fully saturated rings. The highest BCUT2D eigenvalue weighted by molar-refractivity contribution is 7.12. The summed E-state index contributed by atoms with van der Waals surface area (Å²) in [6.45, 7) is -1.22. The third-order valence-electron chi connectivity index (χ3n) is 4.00. The first-order chi connectivity index (χ1) is 14.7.